The van der Waals surface area contributed by atoms with Crippen molar-refractivity contribution in [2.75, 3.05) is 25.0 Å². The summed E-state index contributed by atoms with van der Waals surface area (Å²) >= 11 is 0. The number of carbonyl (C=O) groups excluding carboxylic acids is 2. The number of piperazine rings is 1. The van der Waals surface area contributed by atoms with Gasteiger partial charge in [-0.15, -0.1) is 0 Å². The van der Waals surface area contributed by atoms with E-state index in [9.17, 15) is 14.4 Å². The summed E-state index contributed by atoms with van der Waals surface area (Å²) in [5.74, 6) is -1.17. The van der Waals surface area contributed by atoms with Crippen LogP contribution in [0.5, 0.6) is 5.75 Å². The summed E-state index contributed by atoms with van der Waals surface area (Å²) in [4.78, 5) is 33.4. The number of hydrogen-bond donors (Lipinski definition) is 4. The van der Waals surface area contributed by atoms with Crippen LogP contribution in [0.3, 0.4) is 0 Å². The average Bonchev–Trinajstić information content (AvgIpc) is 2.46. The summed E-state index contributed by atoms with van der Waals surface area (Å²) in [5.41, 5.74) is 0.488. The molecule has 1 aliphatic heterocycles. The molecule has 4 N–H and O–H groups in total. The van der Waals surface area contributed by atoms with Crippen LogP contribution in [0.2, 0.25) is 0 Å². The summed E-state index contributed by atoms with van der Waals surface area (Å²) in [7, 11) is 0. The number of amides is 2. The Bertz CT molecular complexity index is 550. The second kappa shape index (κ2) is 6.71. The quantitative estimate of drug-likeness (QED) is 0.563. The van der Waals surface area contributed by atoms with Crippen molar-refractivity contribution >= 4 is 23.5 Å². The lowest BCUT2D eigenvalue weighted by Crippen LogP contribution is -2.56. The number of anilines is 1. The zero-order valence-electron chi connectivity index (χ0n) is 11.1. The van der Waals surface area contributed by atoms with E-state index in [4.69, 9.17) is 9.84 Å². The SMILES string of the molecule is O=C(O)COc1cccc(NC(=O)C2CNC(=O)CN2)c1. The zero-order valence-corrected chi connectivity index (χ0v) is 11.1. The highest BCUT2D eigenvalue weighted by molar-refractivity contribution is 5.96. The highest BCUT2D eigenvalue weighted by atomic mass is 16.5. The monoisotopic (exact) mass is 293 g/mol. The molecule has 8 heteroatoms. The van der Waals surface area contributed by atoms with Gasteiger partial charge in [-0.05, 0) is 12.1 Å². The van der Waals surface area contributed by atoms with Crippen molar-refractivity contribution in [2.45, 2.75) is 6.04 Å². The van der Waals surface area contributed by atoms with E-state index in [-0.39, 0.29) is 24.9 Å². The van der Waals surface area contributed by atoms with Crippen molar-refractivity contribution in [3.63, 3.8) is 0 Å². The highest BCUT2D eigenvalue weighted by Gasteiger charge is 2.23. The number of carboxylic acid groups (broad SMARTS) is 1. The predicted octanol–water partition coefficient (Wildman–Crippen LogP) is -0.823. The maximum Gasteiger partial charge on any atom is 0.341 e. The van der Waals surface area contributed by atoms with Crippen LogP contribution >= 0.6 is 0 Å². The van der Waals surface area contributed by atoms with Crippen molar-refractivity contribution in [1.82, 2.24) is 10.6 Å². The van der Waals surface area contributed by atoms with Crippen LogP contribution in [0, 0.1) is 0 Å². The van der Waals surface area contributed by atoms with Crippen molar-refractivity contribution in [2.24, 2.45) is 0 Å². The fourth-order valence-electron chi connectivity index (χ4n) is 1.79. The van der Waals surface area contributed by atoms with Crippen molar-refractivity contribution in [3.8, 4) is 5.75 Å². The molecular formula is C13H15N3O5. The van der Waals surface area contributed by atoms with Gasteiger partial charge in [-0.25, -0.2) is 4.79 Å². The maximum absolute atomic E-state index is 12.0. The smallest absolute Gasteiger partial charge is 0.341 e. The summed E-state index contributed by atoms with van der Waals surface area (Å²) in [6.07, 6.45) is 0. The molecule has 0 saturated carbocycles. The lowest BCUT2D eigenvalue weighted by atomic mass is 10.2. The average molecular weight is 293 g/mol. The van der Waals surface area contributed by atoms with E-state index in [0.29, 0.717) is 11.4 Å². The van der Waals surface area contributed by atoms with E-state index in [1.54, 1.807) is 18.2 Å². The minimum atomic E-state index is -1.08. The molecule has 0 aliphatic carbocycles. The Labute approximate surface area is 120 Å². The summed E-state index contributed by atoms with van der Waals surface area (Å²) < 4.78 is 5.03. The molecule has 1 atom stereocenters. The number of ether oxygens (including phenoxy) is 1. The van der Waals surface area contributed by atoms with Gasteiger partial charge >= 0.3 is 5.97 Å². The van der Waals surface area contributed by atoms with Gasteiger partial charge in [-0.2, -0.15) is 0 Å². The number of aliphatic carboxylic acids is 1. The number of carboxylic acids is 1. The van der Waals surface area contributed by atoms with Gasteiger partial charge in [-0.1, -0.05) is 6.07 Å². The lowest BCUT2D eigenvalue weighted by Gasteiger charge is -2.23. The first-order valence-corrected chi connectivity index (χ1v) is 6.30. The van der Waals surface area contributed by atoms with Crippen molar-refractivity contribution in [3.05, 3.63) is 24.3 Å². The van der Waals surface area contributed by atoms with Gasteiger partial charge in [0, 0.05) is 18.3 Å². The third kappa shape index (κ3) is 4.46. The van der Waals surface area contributed by atoms with Gasteiger partial charge < -0.3 is 20.5 Å². The van der Waals surface area contributed by atoms with Crippen LogP contribution in [0.1, 0.15) is 0 Å². The summed E-state index contributed by atoms with van der Waals surface area (Å²) in [6, 6.07) is 5.92. The van der Waals surface area contributed by atoms with Gasteiger partial charge in [0.15, 0.2) is 6.61 Å². The van der Waals surface area contributed by atoms with E-state index >= 15 is 0 Å². The summed E-state index contributed by atoms with van der Waals surface area (Å²) in [5, 5.41) is 16.6. The molecule has 1 aliphatic rings. The number of hydrogen-bond acceptors (Lipinski definition) is 5. The van der Waals surface area contributed by atoms with Crippen LogP contribution < -0.4 is 20.7 Å². The third-order valence-electron chi connectivity index (χ3n) is 2.79. The van der Waals surface area contributed by atoms with Crippen LogP contribution in [0.25, 0.3) is 0 Å². The first-order valence-electron chi connectivity index (χ1n) is 6.30. The fourth-order valence-corrected chi connectivity index (χ4v) is 1.79. The highest BCUT2D eigenvalue weighted by Crippen LogP contribution is 2.17. The van der Waals surface area contributed by atoms with Gasteiger partial charge in [-0.3, -0.25) is 14.9 Å². The molecule has 8 nitrogen and oxygen atoms in total. The molecule has 1 aromatic carbocycles. The molecule has 1 saturated heterocycles. The minimum Gasteiger partial charge on any atom is -0.482 e. The first kappa shape index (κ1) is 14.8. The zero-order chi connectivity index (χ0) is 15.2. The summed E-state index contributed by atoms with van der Waals surface area (Å²) in [6.45, 7) is -0.132. The number of rotatable bonds is 5. The van der Waals surface area contributed by atoms with E-state index in [1.807, 2.05) is 0 Å². The largest absolute Gasteiger partial charge is 0.482 e. The van der Waals surface area contributed by atoms with Crippen molar-refractivity contribution in [1.29, 1.82) is 0 Å². The molecule has 112 valence electrons. The van der Waals surface area contributed by atoms with Crippen molar-refractivity contribution < 1.29 is 24.2 Å². The van der Waals surface area contributed by atoms with Gasteiger partial charge in [0.2, 0.25) is 11.8 Å². The Morgan fingerprint density at radius 1 is 1.43 bits per heavy atom. The Morgan fingerprint density at radius 2 is 2.24 bits per heavy atom. The molecule has 21 heavy (non-hydrogen) atoms. The second-order valence-corrected chi connectivity index (χ2v) is 4.44. The molecule has 1 unspecified atom stereocenters. The Morgan fingerprint density at radius 3 is 2.90 bits per heavy atom. The first-order chi connectivity index (χ1) is 10.0. The number of benzene rings is 1. The Hall–Kier alpha value is -2.61. The third-order valence-corrected chi connectivity index (χ3v) is 2.79. The predicted molar refractivity (Wildman–Crippen MR) is 73.0 cm³/mol. The van der Waals surface area contributed by atoms with Crippen LogP contribution in [-0.2, 0) is 14.4 Å². The Kier molecular flexibility index (Phi) is 4.72. The number of nitrogens with one attached hydrogen (secondary N) is 3. The molecule has 1 aromatic rings. The standard InChI is InChI=1S/C13H15N3O5/c17-11-6-14-10(5-15-11)13(20)16-8-2-1-3-9(4-8)21-7-12(18)19/h1-4,10,14H,5-7H2,(H,15,17)(H,16,20)(H,18,19). The van der Waals surface area contributed by atoms with E-state index in [0.717, 1.165) is 0 Å². The van der Waals surface area contributed by atoms with Crippen LogP contribution in [0.4, 0.5) is 5.69 Å². The molecule has 0 radical (unpaired) electrons. The molecule has 0 bridgehead atoms. The van der Waals surface area contributed by atoms with E-state index in [1.165, 1.54) is 6.07 Å². The Balaban J connectivity index is 1.92. The topological polar surface area (TPSA) is 117 Å². The molecule has 0 spiro atoms. The molecule has 2 amide bonds. The van der Waals surface area contributed by atoms with Gasteiger partial charge in [0.05, 0.1) is 6.54 Å². The minimum absolute atomic E-state index is 0.0971. The van der Waals surface area contributed by atoms with Gasteiger partial charge in [0.25, 0.3) is 0 Å². The molecule has 2 rings (SSSR count). The maximum atomic E-state index is 12.0. The normalized spacial score (nSPS) is 17.7. The van der Waals surface area contributed by atoms with E-state index in [2.05, 4.69) is 16.0 Å². The molecule has 0 aromatic heterocycles. The second-order valence-electron chi connectivity index (χ2n) is 4.44. The molecule has 1 fully saturated rings. The van der Waals surface area contributed by atoms with Crippen LogP contribution in [-0.4, -0.2) is 48.6 Å². The van der Waals surface area contributed by atoms with E-state index < -0.39 is 18.6 Å². The number of carbonyl (C=O) groups is 3. The van der Waals surface area contributed by atoms with Gasteiger partial charge in [0.1, 0.15) is 11.8 Å². The fraction of sp³-hybridized carbons (Fsp3) is 0.308. The lowest BCUT2D eigenvalue weighted by molar-refractivity contribution is -0.139. The molecular weight excluding hydrogens is 278 g/mol. The van der Waals surface area contributed by atoms with Crippen LogP contribution in [0.15, 0.2) is 24.3 Å². The molecule has 1 heterocycles.